The molecule has 0 aliphatic carbocycles. The van der Waals surface area contributed by atoms with E-state index in [4.69, 9.17) is 5.73 Å². The summed E-state index contributed by atoms with van der Waals surface area (Å²) in [5, 5.41) is 0. The Hall–Kier alpha value is -0.810. The Morgan fingerprint density at radius 3 is 2.32 bits per heavy atom. The van der Waals surface area contributed by atoms with Gasteiger partial charge in [-0.1, -0.05) is 50.1 Å². The van der Waals surface area contributed by atoms with Gasteiger partial charge in [0.1, 0.15) is 0 Å². The third kappa shape index (κ3) is 6.91. The van der Waals surface area contributed by atoms with Crippen molar-refractivity contribution in [2.75, 3.05) is 32.7 Å². The first-order chi connectivity index (χ1) is 12.6. The van der Waals surface area contributed by atoms with Crippen molar-refractivity contribution in [3.05, 3.63) is 35.9 Å². The zero-order valence-corrected chi connectivity index (χ0v) is 18.7. The van der Waals surface area contributed by atoms with Crippen LogP contribution < -0.4 is 5.73 Å². The molecule has 0 aromatic heterocycles. The quantitative estimate of drug-likeness (QED) is 0.759. The van der Waals surface area contributed by atoms with Crippen molar-refractivity contribution in [3.63, 3.8) is 0 Å². The van der Waals surface area contributed by atoms with Crippen LogP contribution in [0.5, 0.6) is 0 Å². The zero-order chi connectivity index (χ0) is 18.4. The Morgan fingerprint density at radius 1 is 1.04 bits per heavy atom. The molecule has 2 heterocycles. The summed E-state index contributed by atoms with van der Waals surface area (Å²) in [5.74, 6) is 0.669. The van der Waals surface area contributed by atoms with E-state index in [1.165, 1.54) is 45.2 Å². The SMILES string of the molecule is CC(C(=O)N1CCCC(CN2CCCCCC2)C1)C(N)c1ccccc1.Cl.Cl. The topological polar surface area (TPSA) is 49.6 Å². The van der Waals surface area contributed by atoms with Crippen molar-refractivity contribution in [2.24, 2.45) is 17.6 Å². The number of amides is 1. The van der Waals surface area contributed by atoms with Gasteiger partial charge in [-0.05, 0) is 50.3 Å². The highest BCUT2D eigenvalue weighted by Gasteiger charge is 2.30. The predicted octanol–water partition coefficient (Wildman–Crippen LogP) is 4.28. The molecule has 1 aromatic rings. The summed E-state index contributed by atoms with van der Waals surface area (Å²) in [5.41, 5.74) is 7.44. The normalized spacial score (nSPS) is 22.9. The van der Waals surface area contributed by atoms with Gasteiger partial charge in [-0.2, -0.15) is 0 Å². The van der Waals surface area contributed by atoms with Gasteiger partial charge in [0, 0.05) is 25.7 Å². The average molecular weight is 430 g/mol. The number of halogens is 2. The number of carbonyl (C=O) groups is 1. The van der Waals surface area contributed by atoms with E-state index in [0.717, 1.165) is 31.6 Å². The number of piperidine rings is 1. The van der Waals surface area contributed by atoms with Gasteiger partial charge >= 0.3 is 0 Å². The second-order valence-electron chi connectivity index (χ2n) is 8.23. The summed E-state index contributed by atoms with van der Waals surface area (Å²) in [6.45, 7) is 7.41. The van der Waals surface area contributed by atoms with Crippen LogP contribution in [0, 0.1) is 11.8 Å². The Balaban J connectivity index is 0.00000196. The van der Waals surface area contributed by atoms with Gasteiger partial charge in [0.2, 0.25) is 5.91 Å². The molecule has 2 saturated heterocycles. The largest absolute Gasteiger partial charge is 0.342 e. The standard InChI is InChI=1S/C22H35N3O.2ClH/c1-18(21(23)20-11-5-4-6-12-20)22(26)25-15-9-10-19(17-25)16-24-13-7-2-3-8-14-24;;/h4-6,11-12,18-19,21H,2-3,7-10,13-17,23H2,1H3;2*1H. The van der Waals surface area contributed by atoms with Crippen LogP contribution in [0.15, 0.2) is 30.3 Å². The van der Waals surface area contributed by atoms with E-state index in [9.17, 15) is 4.79 Å². The number of hydrogen-bond acceptors (Lipinski definition) is 3. The third-order valence-electron chi connectivity index (χ3n) is 6.16. The molecule has 0 saturated carbocycles. The average Bonchev–Trinajstić information content (AvgIpc) is 2.96. The highest BCUT2D eigenvalue weighted by atomic mass is 35.5. The molecule has 2 aliphatic heterocycles. The molecule has 0 bridgehead atoms. The van der Waals surface area contributed by atoms with E-state index in [1.54, 1.807) is 0 Å². The van der Waals surface area contributed by atoms with E-state index in [0.29, 0.717) is 5.92 Å². The lowest BCUT2D eigenvalue weighted by atomic mass is 9.91. The molecule has 1 amide bonds. The lowest BCUT2D eigenvalue weighted by molar-refractivity contribution is -0.137. The first kappa shape index (κ1) is 25.2. The van der Waals surface area contributed by atoms with Crippen LogP contribution in [0.2, 0.25) is 0 Å². The van der Waals surface area contributed by atoms with Crippen molar-refractivity contribution in [1.29, 1.82) is 0 Å². The van der Waals surface area contributed by atoms with E-state index in [1.807, 2.05) is 37.3 Å². The number of benzene rings is 1. The maximum absolute atomic E-state index is 13.0. The number of nitrogens with zero attached hydrogens (tertiary/aromatic N) is 2. The minimum Gasteiger partial charge on any atom is -0.342 e. The number of hydrogen-bond donors (Lipinski definition) is 1. The molecule has 160 valence electrons. The fourth-order valence-electron chi connectivity index (χ4n) is 4.50. The van der Waals surface area contributed by atoms with E-state index in [-0.39, 0.29) is 42.7 Å². The highest BCUT2D eigenvalue weighted by molar-refractivity contribution is 5.85. The van der Waals surface area contributed by atoms with Gasteiger partial charge in [-0.3, -0.25) is 4.79 Å². The summed E-state index contributed by atoms with van der Waals surface area (Å²) < 4.78 is 0. The molecule has 2 N–H and O–H groups in total. The summed E-state index contributed by atoms with van der Waals surface area (Å²) >= 11 is 0. The molecule has 3 atom stereocenters. The van der Waals surface area contributed by atoms with Gasteiger partial charge < -0.3 is 15.5 Å². The molecule has 0 radical (unpaired) electrons. The van der Waals surface area contributed by atoms with Gasteiger partial charge in [-0.25, -0.2) is 0 Å². The van der Waals surface area contributed by atoms with Gasteiger partial charge in [0.25, 0.3) is 0 Å². The Kier molecular flexibility index (Phi) is 11.4. The maximum Gasteiger partial charge on any atom is 0.227 e. The zero-order valence-electron chi connectivity index (χ0n) is 17.1. The van der Waals surface area contributed by atoms with Crippen LogP contribution in [0.3, 0.4) is 0 Å². The van der Waals surface area contributed by atoms with Gasteiger partial charge in [-0.15, -0.1) is 24.8 Å². The summed E-state index contributed by atoms with van der Waals surface area (Å²) in [6.07, 6.45) is 7.79. The summed E-state index contributed by atoms with van der Waals surface area (Å²) in [4.78, 5) is 17.8. The number of carbonyl (C=O) groups excluding carboxylic acids is 1. The molecule has 0 spiro atoms. The molecule has 2 aliphatic rings. The lowest BCUT2D eigenvalue weighted by Gasteiger charge is -2.37. The van der Waals surface area contributed by atoms with E-state index >= 15 is 0 Å². The second-order valence-corrected chi connectivity index (χ2v) is 8.23. The van der Waals surface area contributed by atoms with Crippen LogP contribution in [-0.4, -0.2) is 48.4 Å². The Labute approximate surface area is 183 Å². The molecule has 3 rings (SSSR count). The monoisotopic (exact) mass is 429 g/mol. The predicted molar refractivity (Wildman–Crippen MR) is 121 cm³/mol. The minimum atomic E-state index is -0.227. The molecular weight excluding hydrogens is 393 g/mol. The van der Waals surface area contributed by atoms with Crippen molar-refractivity contribution < 1.29 is 4.79 Å². The first-order valence-electron chi connectivity index (χ1n) is 10.5. The van der Waals surface area contributed by atoms with Crippen LogP contribution >= 0.6 is 24.8 Å². The Bertz CT molecular complexity index is 564. The molecule has 3 unspecified atom stereocenters. The van der Waals surface area contributed by atoms with Gasteiger partial charge in [0.15, 0.2) is 0 Å². The van der Waals surface area contributed by atoms with Crippen molar-refractivity contribution in [1.82, 2.24) is 9.80 Å². The van der Waals surface area contributed by atoms with Crippen molar-refractivity contribution >= 4 is 30.7 Å². The first-order valence-corrected chi connectivity index (χ1v) is 10.5. The van der Waals surface area contributed by atoms with Crippen molar-refractivity contribution in [2.45, 2.75) is 51.5 Å². The summed E-state index contributed by atoms with van der Waals surface area (Å²) in [7, 11) is 0. The van der Waals surface area contributed by atoms with E-state index in [2.05, 4.69) is 9.80 Å². The smallest absolute Gasteiger partial charge is 0.227 e. The number of nitrogens with two attached hydrogens (primary N) is 1. The summed E-state index contributed by atoms with van der Waals surface area (Å²) in [6, 6.07) is 9.78. The maximum atomic E-state index is 13.0. The Morgan fingerprint density at radius 2 is 1.68 bits per heavy atom. The van der Waals surface area contributed by atoms with Crippen LogP contribution in [0.1, 0.15) is 57.1 Å². The molecule has 6 heteroatoms. The minimum absolute atomic E-state index is 0. The fourth-order valence-corrected chi connectivity index (χ4v) is 4.50. The third-order valence-corrected chi connectivity index (χ3v) is 6.16. The molecular formula is C22H37Cl2N3O. The number of likely N-dealkylation sites (tertiary alicyclic amines) is 2. The second kappa shape index (κ2) is 12.7. The molecule has 2 fully saturated rings. The van der Waals surface area contributed by atoms with Crippen LogP contribution in [-0.2, 0) is 4.79 Å². The highest BCUT2D eigenvalue weighted by Crippen LogP contribution is 2.25. The van der Waals surface area contributed by atoms with Gasteiger partial charge in [0.05, 0.1) is 5.92 Å². The van der Waals surface area contributed by atoms with Crippen molar-refractivity contribution in [3.8, 4) is 0 Å². The molecule has 1 aromatic carbocycles. The number of rotatable bonds is 5. The lowest BCUT2D eigenvalue weighted by Crippen LogP contribution is -2.47. The molecule has 28 heavy (non-hydrogen) atoms. The molecule has 4 nitrogen and oxygen atoms in total. The van der Waals surface area contributed by atoms with E-state index < -0.39 is 0 Å². The van der Waals surface area contributed by atoms with Crippen LogP contribution in [0.4, 0.5) is 0 Å². The fraction of sp³-hybridized carbons (Fsp3) is 0.682. The van der Waals surface area contributed by atoms with Crippen LogP contribution in [0.25, 0.3) is 0 Å².